The van der Waals surface area contributed by atoms with Crippen LogP contribution in [0.2, 0.25) is 0 Å². The van der Waals surface area contributed by atoms with Crippen LogP contribution < -0.4 is 19.2 Å². The molecule has 4 aromatic carbocycles. The molecule has 0 saturated heterocycles. The molecule has 1 N–H and O–H groups in total. The normalized spacial score (nSPS) is 11.3. The number of benzene rings is 4. The summed E-state index contributed by atoms with van der Waals surface area (Å²) in [6, 6.07) is 26.0. The van der Waals surface area contributed by atoms with Crippen LogP contribution in [0.4, 0.5) is 10.1 Å². The zero-order valence-corrected chi connectivity index (χ0v) is 22.8. The molecule has 0 heterocycles. The third-order valence-corrected chi connectivity index (χ3v) is 7.63. The fourth-order valence-corrected chi connectivity index (χ4v) is 5.14. The largest absolute Gasteiger partial charge is 0.493 e. The first-order valence-corrected chi connectivity index (χ1v) is 13.7. The van der Waals surface area contributed by atoms with Gasteiger partial charge in [-0.2, -0.15) is 5.10 Å². The van der Waals surface area contributed by atoms with Gasteiger partial charge in [0.1, 0.15) is 19.0 Å². The van der Waals surface area contributed by atoms with Crippen molar-refractivity contribution in [2.75, 3.05) is 18.0 Å². The van der Waals surface area contributed by atoms with E-state index in [2.05, 4.69) is 10.5 Å². The minimum Gasteiger partial charge on any atom is -0.493 e. The molecule has 0 spiro atoms. The second-order valence-corrected chi connectivity index (χ2v) is 10.6. The van der Waals surface area contributed by atoms with Crippen molar-refractivity contribution in [1.29, 1.82) is 0 Å². The molecule has 0 aliphatic heterocycles. The average Bonchev–Trinajstić information content (AvgIpc) is 2.96. The second-order valence-electron chi connectivity index (χ2n) is 8.78. The summed E-state index contributed by atoms with van der Waals surface area (Å²) in [5.41, 5.74) is 5.00. The number of nitrogens with one attached hydrogen (secondary N) is 1. The third kappa shape index (κ3) is 7.23. The number of hydrazone groups is 1. The molecule has 0 atom stereocenters. The van der Waals surface area contributed by atoms with Crippen molar-refractivity contribution in [1.82, 2.24) is 5.43 Å². The molecule has 4 aromatic rings. The molecule has 0 bridgehead atoms. The van der Waals surface area contributed by atoms with Gasteiger partial charge in [0, 0.05) is 0 Å². The molecule has 0 aromatic heterocycles. The number of halogens is 1. The number of sulfonamides is 1. The van der Waals surface area contributed by atoms with Crippen LogP contribution in [0.5, 0.6) is 11.5 Å². The van der Waals surface area contributed by atoms with Crippen molar-refractivity contribution in [2.24, 2.45) is 5.10 Å². The fourth-order valence-electron chi connectivity index (χ4n) is 3.72. The molecular formula is C30H28FN3O5S. The predicted octanol–water partition coefficient (Wildman–Crippen LogP) is 5.07. The highest BCUT2D eigenvalue weighted by Gasteiger charge is 2.27. The van der Waals surface area contributed by atoms with Crippen molar-refractivity contribution in [3.05, 3.63) is 120 Å². The summed E-state index contributed by atoms with van der Waals surface area (Å²) in [5.74, 6) is -0.190. The van der Waals surface area contributed by atoms with Gasteiger partial charge in [-0.25, -0.2) is 18.2 Å². The van der Waals surface area contributed by atoms with E-state index in [1.54, 1.807) is 30.3 Å². The van der Waals surface area contributed by atoms with E-state index in [9.17, 15) is 17.6 Å². The molecule has 40 heavy (non-hydrogen) atoms. The Balaban J connectivity index is 1.45. The summed E-state index contributed by atoms with van der Waals surface area (Å²) in [6.07, 6.45) is 1.40. The molecule has 0 saturated carbocycles. The molecule has 8 nitrogen and oxygen atoms in total. The Labute approximate surface area is 232 Å². The highest BCUT2D eigenvalue weighted by Crippen LogP contribution is 2.28. The van der Waals surface area contributed by atoms with Crippen LogP contribution in [0, 0.1) is 12.7 Å². The summed E-state index contributed by atoms with van der Waals surface area (Å²) in [4.78, 5) is 12.8. The Morgan fingerprint density at radius 1 is 0.950 bits per heavy atom. The Kier molecular flexibility index (Phi) is 9.13. The first-order valence-electron chi connectivity index (χ1n) is 12.3. The molecule has 10 heteroatoms. The lowest BCUT2D eigenvalue weighted by molar-refractivity contribution is -0.119. The highest BCUT2D eigenvalue weighted by molar-refractivity contribution is 7.92. The smallest absolute Gasteiger partial charge is 0.264 e. The van der Waals surface area contributed by atoms with E-state index in [1.165, 1.54) is 37.6 Å². The van der Waals surface area contributed by atoms with E-state index >= 15 is 0 Å². The Bertz CT molecular complexity index is 1580. The minimum atomic E-state index is -4.13. The quantitative estimate of drug-likeness (QED) is 0.204. The van der Waals surface area contributed by atoms with Crippen molar-refractivity contribution in [3.63, 3.8) is 0 Å². The van der Waals surface area contributed by atoms with E-state index < -0.39 is 28.3 Å². The van der Waals surface area contributed by atoms with Gasteiger partial charge in [0.25, 0.3) is 15.9 Å². The zero-order valence-electron chi connectivity index (χ0n) is 22.0. The summed E-state index contributed by atoms with van der Waals surface area (Å²) >= 11 is 0. The van der Waals surface area contributed by atoms with Crippen LogP contribution in [-0.2, 0) is 21.4 Å². The number of amides is 1. The maximum absolute atomic E-state index is 13.5. The molecular weight excluding hydrogens is 533 g/mol. The number of hydrogen-bond acceptors (Lipinski definition) is 6. The van der Waals surface area contributed by atoms with E-state index in [0.29, 0.717) is 23.7 Å². The lowest BCUT2D eigenvalue weighted by atomic mass is 10.2. The van der Waals surface area contributed by atoms with Crippen molar-refractivity contribution < 1.29 is 27.1 Å². The standard InChI is InChI=1S/C30H28FN3O5S/c1-22-8-15-27(16-9-22)40(36,37)34(26-13-11-25(31)12-14-26)20-30(35)33-32-19-24-10-17-28(29(18-24)38-2)39-21-23-6-4-3-5-7-23/h3-19H,20-21H2,1-2H3,(H,33,35)/b32-19-. The molecule has 0 radical (unpaired) electrons. The number of rotatable bonds is 11. The SMILES string of the molecule is COc1cc(/C=N\NC(=O)CN(c2ccc(F)cc2)S(=O)(=O)c2ccc(C)cc2)ccc1OCc1ccccc1. The van der Waals surface area contributed by atoms with E-state index in [1.807, 2.05) is 37.3 Å². The van der Waals surface area contributed by atoms with E-state index in [0.717, 1.165) is 27.6 Å². The lowest BCUT2D eigenvalue weighted by Crippen LogP contribution is -2.39. The number of ether oxygens (including phenoxy) is 2. The van der Waals surface area contributed by atoms with Gasteiger partial charge in [-0.15, -0.1) is 0 Å². The molecule has 0 fully saturated rings. The number of carbonyl (C=O) groups is 1. The van der Waals surface area contributed by atoms with Crippen molar-refractivity contribution >= 4 is 27.8 Å². The molecule has 206 valence electrons. The minimum absolute atomic E-state index is 0.000365. The van der Waals surface area contributed by atoms with Crippen molar-refractivity contribution in [2.45, 2.75) is 18.4 Å². The van der Waals surface area contributed by atoms with E-state index in [-0.39, 0.29) is 10.6 Å². The van der Waals surface area contributed by atoms with Gasteiger partial charge in [0.2, 0.25) is 0 Å². The molecule has 4 rings (SSSR count). The number of methoxy groups -OCH3 is 1. The third-order valence-electron chi connectivity index (χ3n) is 5.84. The number of carbonyl (C=O) groups excluding carboxylic acids is 1. The predicted molar refractivity (Wildman–Crippen MR) is 152 cm³/mol. The van der Waals surface area contributed by atoms with Crippen molar-refractivity contribution in [3.8, 4) is 11.5 Å². The Hall–Kier alpha value is -4.70. The van der Waals surface area contributed by atoms with Gasteiger partial charge in [0.05, 0.1) is 23.9 Å². The monoisotopic (exact) mass is 561 g/mol. The van der Waals surface area contributed by atoms with Crippen LogP contribution >= 0.6 is 0 Å². The molecule has 0 unspecified atom stereocenters. The number of hydrogen-bond donors (Lipinski definition) is 1. The van der Waals surface area contributed by atoms with Crippen LogP contribution in [-0.4, -0.2) is 34.2 Å². The Morgan fingerprint density at radius 2 is 1.65 bits per heavy atom. The van der Waals surface area contributed by atoms with Gasteiger partial charge in [-0.05, 0) is 72.6 Å². The van der Waals surface area contributed by atoms with Gasteiger partial charge < -0.3 is 9.47 Å². The average molecular weight is 562 g/mol. The first kappa shape index (κ1) is 28.3. The maximum atomic E-state index is 13.5. The Morgan fingerprint density at radius 3 is 2.33 bits per heavy atom. The van der Waals surface area contributed by atoms with E-state index in [4.69, 9.17) is 9.47 Å². The second kappa shape index (κ2) is 12.9. The topological polar surface area (TPSA) is 97.3 Å². The fraction of sp³-hybridized carbons (Fsp3) is 0.133. The first-order chi connectivity index (χ1) is 19.3. The van der Waals surface area contributed by atoms with Gasteiger partial charge in [-0.1, -0.05) is 48.0 Å². The zero-order chi connectivity index (χ0) is 28.5. The maximum Gasteiger partial charge on any atom is 0.264 e. The van der Waals surface area contributed by atoms with Crippen LogP contribution in [0.1, 0.15) is 16.7 Å². The van der Waals surface area contributed by atoms with Gasteiger partial charge >= 0.3 is 0 Å². The highest BCUT2D eigenvalue weighted by atomic mass is 32.2. The van der Waals surface area contributed by atoms with Crippen LogP contribution in [0.25, 0.3) is 0 Å². The summed E-state index contributed by atoms with van der Waals surface area (Å²) < 4.78 is 52.5. The summed E-state index contributed by atoms with van der Waals surface area (Å²) in [7, 11) is -2.61. The molecule has 0 aliphatic carbocycles. The number of aryl methyl sites for hydroxylation is 1. The summed E-state index contributed by atoms with van der Waals surface area (Å²) in [5, 5.41) is 3.97. The van der Waals surface area contributed by atoms with Crippen LogP contribution in [0.15, 0.2) is 107 Å². The van der Waals surface area contributed by atoms with Crippen LogP contribution in [0.3, 0.4) is 0 Å². The number of anilines is 1. The molecule has 1 amide bonds. The van der Waals surface area contributed by atoms with Gasteiger partial charge in [0.15, 0.2) is 11.5 Å². The lowest BCUT2D eigenvalue weighted by Gasteiger charge is -2.23. The number of nitrogens with zero attached hydrogens (tertiary/aromatic N) is 2. The molecule has 0 aliphatic rings. The summed E-state index contributed by atoms with van der Waals surface area (Å²) in [6.45, 7) is 1.63. The van der Waals surface area contributed by atoms with Gasteiger partial charge in [-0.3, -0.25) is 9.10 Å².